The van der Waals surface area contributed by atoms with Gasteiger partial charge in [-0.2, -0.15) is 0 Å². The summed E-state index contributed by atoms with van der Waals surface area (Å²) in [6.45, 7) is 3.07. The fourth-order valence-corrected chi connectivity index (χ4v) is 2.57. The van der Waals surface area contributed by atoms with Crippen molar-refractivity contribution in [2.75, 3.05) is 13.2 Å². The molecule has 2 rings (SSSR count). The van der Waals surface area contributed by atoms with Gasteiger partial charge in [0.05, 0.1) is 11.6 Å². The van der Waals surface area contributed by atoms with Crippen LogP contribution in [0.25, 0.3) is 10.8 Å². The van der Waals surface area contributed by atoms with Crippen molar-refractivity contribution in [3.05, 3.63) is 46.2 Å². The molecule has 0 aliphatic carbocycles. The average molecular weight is 297 g/mol. The zero-order valence-corrected chi connectivity index (χ0v) is 12.2. The molecule has 2 nitrogen and oxygen atoms in total. The van der Waals surface area contributed by atoms with Crippen molar-refractivity contribution >= 4 is 22.4 Å². The molecular weight excluding hydrogens is 279 g/mol. The van der Waals surface area contributed by atoms with Crippen molar-refractivity contribution in [1.29, 1.82) is 0 Å². The number of fused-ring (bicyclic) bond motifs is 1. The SMILES string of the molecule is CCc1cc(COCCCO)c2ccc(F)cc2c1Cl. The highest BCUT2D eigenvalue weighted by molar-refractivity contribution is 6.36. The molecule has 20 heavy (non-hydrogen) atoms. The minimum atomic E-state index is -0.292. The maximum atomic E-state index is 13.4. The monoisotopic (exact) mass is 296 g/mol. The van der Waals surface area contributed by atoms with Crippen LogP contribution in [0.4, 0.5) is 4.39 Å². The van der Waals surface area contributed by atoms with E-state index in [0.29, 0.717) is 24.7 Å². The molecule has 0 aliphatic rings. The van der Waals surface area contributed by atoms with Crippen LogP contribution in [0.15, 0.2) is 24.3 Å². The summed E-state index contributed by atoms with van der Waals surface area (Å²) < 4.78 is 19.0. The van der Waals surface area contributed by atoms with Crippen LogP contribution < -0.4 is 0 Å². The summed E-state index contributed by atoms with van der Waals surface area (Å²) in [4.78, 5) is 0. The van der Waals surface area contributed by atoms with Crippen molar-refractivity contribution in [3.63, 3.8) is 0 Å². The molecule has 0 bridgehead atoms. The standard InChI is InChI=1S/C16H18ClFO2/c1-2-11-8-12(10-20-7-3-6-19)14-5-4-13(18)9-15(14)16(11)17/h4-5,8-9,19H,2-3,6-7,10H2,1H3. The van der Waals surface area contributed by atoms with Crippen LogP contribution in [0.2, 0.25) is 5.02 Å². The molecule has 0 aromatic heterocycles. The van der Waals surface area contributed by atoms with Gasteiger partial charge in [-0.25, -0.2) is 4.39 Å². The Bertz CT molecular complexity index is 599. The minimum Gasteiger partial charge on any atom is -0.396 e. The summed E-state index contributed by atoms with van der Waals surface area (Å²) in [5, 5.41) is 11.0. The lowest BCUT2D eigenvalue weighted by Crippen LogP contribution is -2.00. The first kappa shape index (κ1) is 15.2. The highest BCUT2D eigenvalue weighted by atomic mass is 35.5. The molecule has 0 radical (unpaired) electrons. The molecule has 0 aliphatic heterocycles. The van der Waals surface area contributed by atoms with Gasteiger partial charge in [-0.3, -0.25) is 0 Å². The number of rotatable bonds is 6. The predicted octanol–water partition coefficient (Wildman–Crippen LogP) is 4.09. The van der Waals surface area contributed by atoms with Gasteiger partial charge < -0.3 is 9.84 Å². The first-order valence-electron chi connectivity index (χ1n) is 6.75. The van der Waals surface area contributed by atoms with Crippen LogP contribution in [0.5, 0.6) is 0 Å². The molecule has 0 atom stereocenters. The van der Waals surface area contributed by atoms with Crippen LogP contribution in [0.3, 0.4) is 0 Å². The molecule has 0 spiro atoms. The first-order chi connectivity index (χ1) is 9.67. The molecule has 1 N–H and O–H groups in total. The van der Waals surface area contributed by atoms with Gasteiger partial charge in [-0.05, 0) is 41.5 Å². The largest absolute Gasteiger partial charge is 0.396 e. The van der Waals surface area contributed by atoms with Gasteiger partial charge in [0.15, 0.2) is 0 Å². The van der Waals surface area contributed by atoms with E-state index in [1.807, 2.05) is 13.0 Å². The van der Waals surface area contributed by atoms with Crippen LogP contribution in [0, 0.1) is 5.82 Å². The summed E-state index contributed by atoms with van der Waals surface area (Å²) in [5.74, 6) is -0.292. The van der Waals surface area contributed by atoms with E-state index in [4.69, 9.17) is 21.4 Å². The number of hydrogen-bond acceptors (Lipinski definition) is 2. The Morgan fingerprint density at radius 2 is 2.00 bits per heavy atom. The minimum absolute atomic E-state index is 0.118. The fourth-order valence-electron chi connectivity index (χ4n) is 2.23. The highest BCUT2D eigenvalue weighted by Gasteiger charge is 2.10. The summed E-state index contributed by atoms with van der Waals surface area (Å²) in [5.41, 5.74) is 1.99. The van der Waals surface area contributed by atoms with Gasteiger partial charge in [-0.15, -0.1) is 0 Å². The van der Waals surface area contributed by atoms with Crippen LogP contribution in [0.1, 0.15) is 24.5 Å². The van der Waals surface area contributed by atoms with E-state index in [2.05, 4.69) is 0 Å². The second kappa shape index (κ2) is 7.02. The Labute approximate surface area is 123 Å². The zero-order valence-electron chi connectivity index (χ0n) is 11.5. The Balaban J connectivity index is 2.39. The number of hydrogen-bond donors (Lipinski definition) is 1. The lowest BCUT2D eigenvalue weighted by molar-refractivity contribution is 0.105. The second-order valence-electron chi connectivity index (χ2n) is 4.68. The molecular formula is C16H18ClFO2. The van der Waals surface area contributed by atoms with E-state index in [-0.39, 0.29) is 12.4 Å². The molecule has 0 heterocycles. The lowest BCUT2D eigenvalue weighted by Gasteiger charge is -2.13. The van der Waals surface area contributed by atoms with E-state index in [9.17, 15) is 4.39 Å². The molecule has 0 amide bonds. The topological polar surface area (TPSA) is 29.5 Å². The fraction of sp³-hybridized carbons (Fsp3) is 0.375. The summed E-state index contributed by atoms with van der Waals surface area (Å²) in [6.07, 6.45) is 1.40. The van der Waals surface area contributed by atoms with Gasteiger partial charge >= 0.3 is 0 Å². The third-order valence-electron chi connectivity index (χ3n) is 3.28. The number of ether oxygens (including phenoxy) is 1. The van der Waals surface area contributed by atoms with Crippen molar-refractivity contribution in [2.24, 2.45) is 0 Å². The maximum absolute atomic E-state index is 13.4. The molecule has 0 saturated carbocycles. The second-order valence-corrected chi connectivity index (χ2v) is 5.06. The van der Waals surface area contributed by atoms with Gasteiger partial charge in [0.1, 0.15) is 5.82 Å². The Morgan fingerprint density at radius 3 is 2.70 bits per heavy atom. The average Bonchev–Trinajstić information content (AvgIpc) is 2.46. The van der Waals surface area contributed by atoms with Gasteiger partial charge in [0.2, 0.25) is 0 Å². The van der Waals surface area contributed by atoms with Gasteiger partial charge in [0, 0.05) is 18.6 Å². The zero-order chi connectivity index (χ0) is 14.5. The number of aliphatic hydroxyl groups excluding tert-OH is 1. The van der Waals surface area contributed by atoms with Crippen LogP contribution >= 0.6 is 11.6 Å². The van der Waals surface area contributed by atoms with Gasteiger partial charge in [0.25, 0.3) is 0 Å². The molecule has 4 heteroatoms. The van der Waals surface area contributed by atoms with E-state index >= 15 is 0 Å². The lowest BCUT2D eigenvalue weighted by atomic mass is 9.99. The molecule has 2 aromatic rings. The molecule has 0 unspecified atom stereocenters. The van der Waals surface area contributed by atoms with Crippen molar-refractivity contribution < 1.29 is 14.2 Å². The third kappa shape index (κ3) is 3.29. The van der Waals surface area contributed by atoms with Crippen molar-refractivity contribution in [1.82, 2.24) is 0 Å². The highest BCUT2D eigenvalue weighted by Crippen LogP contribution is 2.31. The smallest absolute Gasteiger partial charge is 0.123 e. The van der Waals surface area contributed by atoms with E-state index in [1.54, 1.807) is 6.07 Å². The molecule has 108 valence electrons. The van der Waals surface area contributed by atoms with E-state index in [0.717, 1.165) is 28.3 Å². The van der Waals surface area contributed by atoms with Crippen LogP contribution in [-0.2, 0) is 17.8 Å². The number of benzene rings is 2. The third-order valence-corrected chi connectivity index (χ3v) is 3.73. The van der Waals surface area contributed by atoms with Crippen LogP contribution in [-0.4, -0.2) is 18.3 Å². The Kier molecular flexibility index (Phi) is 5.35. The van der Waals surface area contributed by atoms with Crippen molar-refractivity contribution in [2.45, 2.75) is 26.4 Å². The normalized spacial score (nSPS) is 11.2. The predicted molar refractivity (Wildman–Crippen MR) is 79.7 cm³/mol. The number of halogens is 2. The molecule has 2 aromatic carbocycles. The van der Waals surface area contributed by atoms with Gasteiger partial charge in [-0.1, -0.05) is 30.7 Å². The Hall–Kier alpha value is -1.16. The number of aliphatic hydroxyl groups is 1. The Morgan fingerprint density at radius 1 is 1.20 bits per heavy atom. The summed E-state index contributed by atoms with van der Waals surface area (Å²) >= 11 is 6.33. The van der Waals surface area contributed by atoms with E-state index in [1.165, 1.54) is 12.1 Å². The maximum Gasteiger partial charge on any atom is 0.123 e. The number of aryl methyl sites for hydroxylation is 1. The first-order valence-corrected chi connectivity index (χ1v) is 7.13. The molecule has 0 saturated heterocycles. The summed E-state index contributed by atoms with van der Waals surface area (Å²) in [6, 6.07) is 6.65. The summed E-state index contributed by atoms with van der Waals surface area (Å²) in [7, 11) is 0. The van der Waals surface area contributed by atoms with E-state index < -0.39 is 0 Å². The van der Waals surface area contributed by atoms with Crippen molar-refractivity contribution in [3.8, 4) is 0 Å². The quantitative estimate of drug-likeness (QED) is 0.814. The molecule has 0 fully saturated rings.